The van der Waals surface area contributed by atoms with Crippen LogP contribution in [0.1, 0.15) is 16.1 Å². The molecule has 22 heavy (non-hydrogen) atoms. The lowest BCUT2D eigenvalue weighted by Crippen LogP contribution is -2.54. The number of fused-ring (bicyclic) bond motifs is 1. The van der Waals surface area contributed by atoms with Crippen LogP contribution in [0.3, 0.4) is 0 Å². The van der Waals surface area contributed by atoms with E-state index in [1.165, 1.54) is 11.3 Å². The maximum absolute atomic E-state index is 12.9. The number of carbonyl (C=O) groups is 1. The molecule has 0 N–H and O–H groups in total. The van der Waals surface area contributed by atoms with Gasteiger partial charge < -0.3 is 14.1 Å². The molecule has 116 valence electrons. The summed E-state index contributed by atoms with van der Waals surface area (Å²) in [6.07, 6.45) is 4.21. The van der Waals surface area contributed by atoms with Crippen LogP contribution in [-0.2, 0) is 4.74 Å². The van der Waals surface area contributed by atoms with Crippen LogP contribution in [0.4, 0.5) is 0 Å². The number of aromatic nitrogens is 1. The third-order valence-corrected chi connectivity index (χ3v) is 6.34. The molecular weight excluding hydrogens is 320 g/mol. The van der Waals surface area contributed by atoms with Crippen LogP contribution in [-0.4, -0.2) is 52.6 Å². The Kier molecular flexibility index (Phi) is 3.94. The molecule has 2 aromatic heterocycles. The Balaban J connectivity index is 1.56. The van der Waals surface area contributed by atoms with E-state index in [2.05, 4.69) is 4.98 Å². The van der Waals surface area contributed by atoms with E-state index in [9.17, 15) is 4.79 Å². The summed E-state index contributed by atoms with van der Waals surface area (Å²) in [4.78, 5) is 19.9. The third-order valence-electron chi connectivity index (χ3n) is 4.04. The predicted octanol–water partition coefficient (Wildman–Crippen LogP) is 2.75. The number of furan rings is 1. The van der Waals surface area contributed by atoms with Gasteiger partial charge in [-0.3, -0.25) is 4.79 Å². The van der Waals surface area contributed by atoms with E-state index in [-0.39, 0.29) is 11.9 Å². The molecule has 2 saturated heterocycles. The molecule has 4 heterocycles. The first-order valence-electron chi connectivity index (χ1n) is 7.33. The minimum Gasteiger partial charge on any atom is -0.462 e. The molecule has 0 bridgehead atoms. The van der Waals surface area contributed by atoms with Gasteiger partial charge in [0.1, 0.15) is 4.88 Å². The zero-order valence-corrected chi connectivity index (χ0v) is 13.6. The second-order valence-electron chi connectivity index (χ2n) is 5.35. The highest BCUT2D eigenvalue weighted by Crippen LogP contribution is 2.33. The van der Waals surface area contributed by atoms with Crippen molar-refractivity contribution < 1.29 is 13.9 Å². The van der Waals surface area contributed by atoms with Gasteiger partial charge in [0.25, 0.3) is 5.91 Å². The van der Waals surface area contributed by atoms with Crippen molar-refractivity contribution in [3.63, 3.8) is 0 Å². The van der Waals surface area contributed by atoms with Crippen molar-refractivity contribution in [2.45, 2.75) is 17.7 Å². The molecule has 5 nitrogen and oxygen atoms in total. The summed E-state index contributed by atoms with van der Waals surface area (Å²) in [6, 6.07) is 3.97. The quantitative estimate of drug-likeness (QED) is 0.844. The molecule has 0 unspecified atom stereocenters. The maximum Gasteiger partial charge on any atom is 0.265 e. The second-order valence-corrected chi connectivity index (χ2v) is 7.72. The zero-order valence-electron chi connectivity index (χ0n) is 11.9. The Hall–Kier alpha value is -1.31. The van der Waals surface area contributed by atoms with Gasteiger partial charge in [0.05, 0.1) is 19.1 Å². The van der Waals surface area contributed by atoms with Crippen LogP contribution >= 0.6 is 23.1 Å². The fourth-order valence-corrected chi connectivity index (χ4v) is 5.11. The van der Waals surface area contributed by atoms with Crippen molar-refractivity contribution in [1.82, 2.24) is 9.88 Å². The van der Waals surface area contributed by atoms with Crippen LogP contribution in [0.15, 0.2) is 29.0 Å². The SMILES string of the molecule is O=C(c1cnc(-c2ccco2)s1)N1CCS[C@@H]2COCC[C@@H]21. The van der Waals surface area contributed by atoms with E-state index in [1.807, 2.05) is 28.8 Å². The van der Waals surface area contributed by atoms with Crippen molar-refractivity contribution in [3.8, 4) is 10.8 Å². The van der Waals surface area contributed by atoms with Gasteiger partial charge in [-0.15, -0.1) is 11.3 Å². The number of carbonyl (C=O) groups excluding carboxylic acids is 1. The Morgan fingerprint density at radius 2 is 2.41 bits per heavy atom. The summed E-state index contributed by atoms with van der Waals surface area (Å²) in [5, 5.41) is 1.16. The van der Waals surface area contributed by atoms with Crippen molar-refractivity contribution in [2.75, 3.05) is 25.5 Å². The summed E-state index contributed by atoms with van der Waals surface area (Å²) < 4.78 is 10.9. The molecule has 0 radical (unpaired) electrons. The van der Waals surface area contributed by atoms with Gasteiger partial charge in [-0.05, 0) is 18.6 Å². The topological polar surface area (TPSA) is 55.6 Å². The first-order valence-corrected chi connectivity index (χ1v) is 9.19. The van der Waals surface area contributed by atoms with Crippen molar-refractivity contribution in [3.05, 3.63) is 29.5 Å². The van der Waals surface area contributed by atoms with Crippen molar-refractivity contribution in [1.29, 1.82) is 0 Å². The fraction of sp³-hybridized carbons (Fsp3) is 0.467. The largest absolute Gasteiger partial charge is 0.462 e. The Labute approximate surface area is 136 Å². The average Bonchev–Trinajstić information content (AvgIpc) is 3.24. The molecule has 0 spiro atoms. The van der Waals surface area contributed by atoms with Gasteiger partial charge in [-0.1, -0.05) is 0 Å². The lowest BCUT2D eigenvalue weighted by molar-refractivity contribution is 0.0322. The molecule has 2 aliphatic rings. The van der Waals surface area contributed by atoms with Crippen LogP contribution in [0.25, 0.3) is 10.8 Å². The Morgan fingerprint density at radius 3 is 3.27 bits per heavy atom. The highest BCUT2D eigenvalue weighted by atomic mass is 32.2. The van der Waals surface area contributed by atoms with Crippen LogP contribution in [0.2, 0.25) is 0 Å². The Bertz CT molecular complexity index is 654. The highest BCUT2D eigenvalue weighted by molar-refractivity contribution is 8.00. The van der Waals surface area contributed by atoms with E-state index in [0.29, 0.717) is 15.9 Å². The van der Waals surface area contributed by atoms with Gasteiger partial charge in [0.2, 0.25) is 0 Å². The maximum atomic E-state index is 12.9. The third kappa shape index (κ3) is 2.57. The zero-order chi connectivity index (χ0) is 14.9. The van der Waals surface area contributed by atoms with Gasteiger partial charge in [0.15, 0.2) is 10.8 Å². The first-order chi connectivity index (χ1) is 10.8. The summed E-state index contributed by atoms with van der Waals surface area (Å²) in [6.45, 7) is 2.30. The van der Waals surface area contributed by atoms with E-state index >= 15 is 0 Å². The number of thiazole rings is 1. The van der Waals surface area contributed by atoms with Gasteiger partial charge in [-0.2, -0.15) is 11.8 Å². The molecule has 2 fully saturated rings. The first kappa shape index (κ1) is 14.3. The van der Waals surface area contributed by atoms with Crippen molar-refractivity contribution in [2.24, 2.45) is 0 Å². The molecule has 2 atom stereocenters. The molecule has 7 heteroatoms. The van der Waals surface area contributed by atoms with E-state index in [4.69, 9.17) is 9.15 Å². The summed E-state index contributed by atoms with van der Waals surface area (Å²) in [7, 11) is 0. The number of rotatable bonds is 2. The van der Waals surface area contributed by atoms with Crippen LogP contribution in [0, 0.1) is 0 Å². The van der Waals surface area contributed by atoms with Gasteiger partial charge in [0, 0.05) is 30.2 Å². The number of hydrogen-bond donors (Lipinski definition) is 0. The number of ether oxygens (including phenoxy) is 1. The molecule has 4 rings (SSSR count). The number of hydrogen-bond acceptors (Lipinski definition) is 6. The normalized spacial score (nSPS) is 25.0. The molecule has 2 aromatic rings. The molecule has 0 aromatic carbocycles. The highest BCUT2D eigenvalue weighted by Gasteiger charge is 2.37. The van der Waals surface area contributed by atoms with E-state index in [1.54, 1.807) is 12.5 Å². The lowest BCUT2D eigenvalue weighted by atomic mass is 10.1. The summed E-state index contributed by atoms with van der Waals surface area (Å²) in [5.41, 5.74) is 0. The van der Waals surface area contributed by atoms with Gasteiger partial charge in [-0.25, -0.2) is 4.98 Å². The predicted molar refractivity (Wildman–Crippen MR) is 86.3 cm³/mol. The summed E-state index contributed by atoms with van der Waals surface area (Å²) >= 11 is 3.32. The molecular formula is C15H16N2O3S2. The van der Waals surface area contributed by atoms with E-state index in [0.717, 1.165) is 36.9 Å². The number of amides is 1. The smallest absolute Gasteiger partial charge is 0.265 e. The molecule has 1 amide bonds. The molecule has 0 aliphatic carbocycles. The number of nitrogens with zero attached hydrogens (tertiary/aromatic N) is 2. The standard InChI is InChI=1S/C15H16N2O3S2/c18-15(12-8-16-14(22-12)11-2-1-5-20-11)17-4-7-21-13-9-19-6-3-10(13)17/h1-2,5,8,10,13H,3-4,6-7,9H2/t10-,13+/m0/s1. The average molecular weight is 336 g/mol. The van der Waals surface area contributed by atoms with Crippen LogP contribution in [0.5, 0.6) is 0 Å². The molecule has 2 aliphatic heterocycles. The fourth-order valence-electron chi connectivity index (χ4n) is 2.97. The summed E-state index contributed by atoms with van der Waals surface area (Å²) in [5.74, 6) is 1.77. The minimum absolute atomic E-state index is 0.0903. The molecule has 0 saturated carbocycles. The van der Waals surface area contributed by atoms with Crippen LogP contribution < -0.4 is 0 Å². The van der Waals surface area contributed by atoms with Crippen molar-refractivity contribution >= 4 is 29.0 Å². The monoisotopic (exact) mass is 336 g/mol. The lowest BCUT2D eigenvalue weighted by Gasteiger charge is -2.43. The second kappa shape index (κ2) is 6.06. The number of thioether (sulfide) groups is 1. The van der Waals surface area contributed by atoms with Gasteiger partial charge >= 0.3 is 0 Å². The minimum atomic E-state index is 0.0903. The van der Waals surface area contributed by atoms with E-state index < -0.39 is 0 Å². The Morgan fingerprint density at radius 1 is 1.45 bits per heavy atom.